The van der Waals surface area contributed by atoms with E-state index >= 15 is 0 Å². The maximum atomic E-state index is 11.3. The lowest BCUT2D eigenvalue weighted by molar-refractivity contribution is -0.139. The molecule has 2 aliphatic carbocycles. The smallest absolute Gasteiger partial charge is 0.311 e. The third kappa shape index (κ3) is 2.45. The van der Waals surface area contributed by atoms with E-state index in [-0.39, 0.29) is 12.4 Å². The summed E-state index contributed by atoms with van der Waals surface area (Å²) in [6.45, 7) is 7.16. The molecule has 2 fully saturated rings. The second-order valence-corrected chi connectivity index (χ2v) is 8.25. The molecular formula is C16H24N2O2S. The van der Waals surface area contributed by atoms with E-state index in [1.54, 1.807) is 11.3 Å². The molecule has 2 bridgehead atoms. The fourth-order valence-electron chi connectivity index (χ4n) is 4.46. The van der Waals surface area contributed by atoms with Crippen molar-refractivity contribution in [2.24, 2.45) is 16.7 Å². The van der Waals surface area contributed by atoms with Crippen molar-refractivity contribution in [2.45, 2.75) is 52.5 Å². The van der Waals surface area contributed by atoms with Crippen molar-refractivity contribution in [1.29, 1.82) is 0 Å². The van der Waals surface area contributed by atoms with Gasteiger partial charge in [0.25, 0.3) is 0 Å². The topological polar surface area (TPSA) is 51.2 Å². The van der Waals surface area contributed by atoms with Gasteiger partial charge in [0.1, 0.15) is 0 Å². The Kier molecular flexibility index (Phi) is 3.51. The van der Waals surface area contributed by atoms with E-state index in [4.69, 9.17) is 4.74 Å². The molecule has 0 saturated heterocycles. The molecule has 0 amide bonds. The molecule has 2 saturated carbocycles. The normalized spacial score (nSPS) is 33.1. The highest BCUT2D eigenvalue weighted by atomic mass is 32.1. The number of carbonyl (C=O) groups excluding carboxylic acids is 1. The van der Waals surface area contributed by atoms with Crippen LogP contribution in [0.1, 0.15) is 45.7 Å². The summed E-state index contributed by atoms with van der Waals surface area (Å²) in [5.74, 6) is 0.577. The molecule has 4 nitrogen and oxygen atoms in total. The first kappa shape index (κ1) is 14.8. The van der Waals surface area contributed by atoms with Crippen molar-refractivity contribution in [3.8, 4) is 0 Å². The highest BCUT2D eigenvalue weighted by molar-refractivity contribution is 7.13. The van der Waals surface area contributed by atoms with Gasteiger partial charge in [0, 0.05) is 11.4 Å². The molecule has 3 unspecified atom stereocenters. The molecule has 1 aromatic rings. The van der Waals surface area contributed by atoms with Crippen molar-refractivity contribution >= 4 is 22.4 Å². The summed E-state index contributed by atoms with van der Waals surface area (Å²) in [4.78, 5) is 15.9. The zero-order chi connectivity index (χ0) is 15.3. The first-order chi connectivity index (χ1) is 9.85. The van der Waals surface area contributed by atoms with E-state index in [9.17, 15) is 4.79 Å². The van der Waals surface area contributed by atoms with E-state index in [0.717, 1.165) is 16.7 Å². The SMILES string of the molecule is COC(=O)Cc1csc(NC2C3(C)CCC(C3)C2(C)C)n1. The fraction of sp³-hybridized carbons (Fsp3) is 0.750. The number of fused-ring (bicyclic) bond motifs is 2. The van der Waals surface area contributed by atoms with Crippen molar-refractivity contribution in [3.05, 3.63) is 11.1 Å². The van der Waals surface area contributed by atoms with Crippen molar-refractivity contribution in [1.82, 2.24) is 4.98 Å². The highest BCUT2D eigenvalue weighted by Crippen LogP contribution is 2.63. The van der Waals surface area contributed by atoms with Crippen LogP contribution in [0.25, 0.3) is 0 Å². The minimum Gasteiger partial charge on any atom is -0.469 e. The number of rotatable bonds is 4. The third-order valence-electron chi connectivity index (χ3n) is 5.64. The molecule has 1 N–H and O–H groups in total. The van der Waals surface area contributed by atoms with E-state index < -0.39 is 0 Å². The molecule has 5 heteroatoms. The van der Waals surface area contributed by atoms with E-state index in [0.29, 0.717) is 16.9 Å². The van der Waals surface area contributed by atoms with Crippen LogP contribution in [-0.4, -0.2) is 24.1 Å². The second-order valence-electron chi connectivity index (χ2n) is 7.39. The zero-order valence-electron chi connectivity index (χ0n) is 13.2. The second kappa shape index (κ2) is 4.97. The number of thiazole rings is 1. The molecule has 3 atom stereocenters. The molecule has 0 radical (unpaired) electrons. The van der Waals surface area contributed by atoms with Gasteiger partial charge in [-0.3, -0.25) is 4.79 Å². The Morgan fingerprint density at radius 1 is 1.52 bits per heavy atom. The number of aromatic nitrogens is 1. The Morgan fingerprint density at radius 3 is 2.90 bits per heavy atom. The standard InChI is InChI=1S/C16H24N2O2S/c1-15(2)10-5-6-16(3,8-10)13(15)18-14-17-11(9-21-14)7-12(19)20-4/h9-10,13H,5-8H2,1-4H3,(H,17,18). The van der Waals surface area contributed by atoms with Gasteiger partial charge >= 0.3 is 5.97 Å². The lowest BCUT2D eigenvalue weighted by Gasteiger charge is -2.43. The molecule has 116 valence electrons. The van der Waals surface area contributed by atoms with Crippen molar-refractivity contribution < 1.29 is 9.53 Å². The minimum atomic E-state index is -0.237. The number of methoxy groups -OCH3 is 1. The van der Waals surface area contributed by atoms with Crippen LogP contribution >= 0.6 is 11.3 Å². The highest BCUT2D eigenvalue weighted by Gasteiger charge is 2.59. The Bertz CT molecular complexity index is 549. The molecule has 1 aromatic heterocycles. The Labute approximate surface area is 130 Å². The monoisotopic (exact) mass is 308 g/mol. The number of carbonyl (C=O) groups is 1. The number of esters is 1. The Balaban J connectivity index is 1.73. The summed E-state index contributed by atoms with van der Waals surface area (Å²) in [5, 5.41) is 6.55. The molecule has 21 heavy (non-hydrogen) atoms. The zero-order valence-corrected chi connectivity index (χ0v) is 14.0. The predicted octanol–water partition coefficient (Wildman–Crippen LogP) is 3.49. The van der Waals surface area contributed by atoms with E-state index in [1.807, 2.05) is 5.38 Å². The van der Waals surface area contributed by atoms with Crippen LogP contribution in [0.4, 0.5) is 5.13 Å². The lowest BCUT2D eigenvalue weighted by atomic mass is 9.68. The summed E-state index contributed by atoms with van der Waals surface area (Å²) in [6.07, 6.45) is 4.23. The third-order valence-corrected chi connectivity index (χ3v) is 6.46. The summed E-state index contributed by atoms with van der Waals surface area (Å²) in [6, 6.07) is 0.459. The largest absolute Gasteiger partial charge is 0.469 e. The number of nitrogens with zero attached hydrogens (tertiary/aromatic N) is 1. The van der Waals surface area contributed by atoms with Gasteiger partial charge < -0.3 is 10.1 Å². The summed E-state index contributed by atoms with van der Waals surface area (Å²) < 4.78 is 4.69. The number of nitrogens with one attached hydrogen (secondary N) is 1. The van der Waals surface area contributed by atoms with Gasteiger partial charge in [-0.25, -0.2) is 4.98 Å². The average Bonchev–Trinajstić information content (AvgIpc) is 3.06. The maximum absolute atomic E-state index is 11.3. The number of hydrogen-bond donors (Lipinski definition) is 1. The van der Waals surface area contributed by atoms with E-state index in [2.05, 4.69) is 31.1 Å². The number of hydrogen-bond acceptors (Lipinski definition) is 5. The van der Waals surface area contributed by atoms with Crippen molar-refractivity contribution in [2.75, 3.05) is 12.4 Å². The van der Waals surface area contributed by atoms with Gasteiger partial charge in [-0.15, -0.1) is 11.3 Å². The van der Waals surface area contributed by atoms with E-state index in [1.165, 1.54) is 26.4 Å². The number of ether oxygens (including phenoxy) is 1. The molecule has 0 spiro atoms. The summed E-state index contributed by atoms with van der Waals surface area (Å²) in [5.41, 5.74) is 1.48. The van der Waals surface area contributed by atoms with Gasteiger partial charge in [0.15, 0.2) is 5.13 Å². The minimum absolute atomic E-state index is 0.237. The lowest BCUT2D eigenvalue weighted by Crippen LogP contribution is -2.45. The van der Waals surface area contributed by atoms with Crippen LogP contribution in [0.5, 0.6) is 0 Å². The van der Waals surface area contributed by atoms with Crippen LogP contribution in [0.3, 0.4) is 0 Å². The van der Waals surface area contributed by atoms with Crippen LogP contribution < -0.4 is 5.32 Å². The van der Waals surface area contributed by atoms with Crippen LogP contribution in [-0.2, 0) is 16.0 Å². The Morgan fingerprint density at radius 2 is 2.29 bits per heavy atom. The van der Waals surface area contributed by atoms with Crippen LogP contribution in [0.15, 0.2) is 5.38 Å². The Hall–Kier alpha value is -1.10. The van der Waals surface area contributed by atoms with Gasteiger partial charge in [-0.05, 0) is 36.0 Å². The van der Waals surface area contributed by atoms with Crippen LogP contribution in [0, 0.1) is 16.7 Å². The summed E-state index contributed by atoms with van der Waals surface area (Å²) in [7, 11) is 1.41. The predicted molar refractivity (Wildman–Crippen MR) is 84.5 cm³/mol. The first-order valence-electron chi connectivity index (χ1n) is 7.63. The molecule has 2 aliphatic rings. The van der Waals surface area contributed by atoms with Gasteiger partial charge in [0.05, 0.1) is 19.2 Å². The molecule has 0 aliphatic heterocycles. The molecule has 3 rings (SSSR count). The van der Waals surface area contributed by atoms with Gasteiger partial charge in [-0.2, -0.15) is 0 Å². The average molecular weight is 308 g/mol. The summed E-state index contributed by atoms with van der Waals surface area (Å²) >= 11 is 1.59. The first-order valence-corrected chi connectivity index (χ1v) is 8.51. The van der Waals surface area contributed by atoms with Gasteiger partial charge in [0.2, 0.25) is 0 Å². The van der Waals surface area contributed by atoms with Crippen LogP contribution in [0.2, 0.25) is 0 Å². The van der Waals surface area contributed by atoms with Gasteiger partial charge in [-0.1, -0.05) is 20.8 Å². The quantitative estimate of drug-likeness (QED) is 0.865. The van der Waals surface area contributed by atoms with Crippen molar-refractivity contribution in [3.63, 3.8) is 0 Å². The fourth-order valence-corrected chi connectivity index (χ4v) is 5.20. The number of anilines is 1. The molecule has 0 aromatic carbocycles. The molecule has 1 heterocycles. The maximum Gasteiger partial charge on any atom is 0.311 e. The molecular weight excluding hydrogens is 284 g/mol.